The molecule has 0 N–H and O–H groups in total. The van der Waals surface area contributed by atoms with Gasteiger partial charge in [-0.15, -0.1) is 6.58 Å². The first kappa shape index (κ1) is 17.2. The summed E-state index contributed by atoms with van der Waals surface area (Å²) in [5.41, 5.74) is 0.278. The summed E-state index contributed by atoms with van der Waals surface area (Å²) in [6.07, 6.45) is 3.41. The lowest BCUT2D eigenvalue weighted by Crippen LogP contribution is -2.27. The van der Waals surface area contributed by atoms with Gasteiger partial charge in [-0.05, 0) is 31.0 Å². The van der Waals surface area contributed by atoms with Crippen molar-refractivity contribution < 1.29 is 13.2 Å². The Bertz CT molecular complexity index is 616. The van der Waals surface area contributed by atoms with Crippen LogP contribution in [0.1, 0.15) is 23.2 Å². The van der Waals surface area contributed by atoms with E-state index in [2.05, 4.69) is 22.5 Å². The molecule has 1 aromatic carbocycles. The Morgan fingerprint density at radius 3 is 2.65 bits per heavy atom. The van der Waals surface area contributed by atoms with E-state index in [1.807, 2.05) is 0 Å². The second-order valence-corrected chi connectivity index (χ2v) is 7.75. The summed E-state index contributed by atoms with van der Waals surface area (Å²) in [5, 5.41) is 0. The summed E-state index contributed by atoms with van der Waals surface area (Å²) >= 11 is 3.18. The molecular weight excluding hydrogens is 366 g/mol. The van der Waals surface area contributed by atoms with Crippen LogP contribution < -0.4 is 0 Å². The lowest BCUT2D eigenvalue weighted by molar-refractivity contribution is 0.0793. The Labute approximate surface area is 132 Å². The normalized spacial score (nSPS) is 11.2. The van der Waals surface area contributed by atoms with Gasteiger partial charge in [0.15, 0.2) is 0 Å². The quantitative estimate of drug-likeness (QED) is 0.432. The molecule has 0 unspecified atom stereocenters. The predicted molar refractivity (Wildman–Crippen MR) is 83.6 cm³/mol. The maximum atomic E-state index is 12.2. The van der Waals surface area contributed by atoms with Gasteiger partial charge < -0.3 is 4.90 Å². The lowest BCUT2D eigenvalue weighted by atomic mass is 10.2. The Hall–Kier alpha value is -0.850. The van der Waals surface area contributed by atoms with E-state index in [0.717, 1.165) is 12.8 Å². The molecule has 0 heterocycles. The second kappa shape index (κ2) is 7.24. The van der Waals surface area contributed by atoms with Crippen molar-refractivity contribution in [2.45, 2.75) is 17.7 Å². The standard InChI is InChI=1S/C13H15BrClNO3S/c1-3-4-5-6-16(2)13(17)10-7-11(14)9-12(8-10)20(15,18)19/h3,7-9H,1,4-6H2,2H3. The van der Waals surface area contributed by atoms with Crippen molar-refractivity contribution in [1.82, 2.24) is 4.90 Å². The van der Waals surface area contributed by atoms with E-state index in [0.29, 0.717) is 11.0 Å². The van der Waals surface area contributed by atoms with Crippen molar-refractivity contribution in [3.8, 4) is 0 Å². The van der Waals surface area contributed by atoms with Gasteiger partial charge >= 0.3 is 0 Å². The molecule has 0 radical (unpaired) electrons. The van der Waals surface area contributed by atoms with E-state index < -0.39 is 9.05 Å². The van der Waals surface area contributed by atoms with Crippen LogP contribution in [-0.4, -0.2) is 32.8 Å². The molecule has 4 nitrogen and oxygen atoms in total. The van der Waals surface area contributed by atoms with Crippen molar-refractivity contribution >= 4 is 41.6 Å². The first-order valence-corrected chi connectivity index (χ1v) is 8.97. The van der Waals surface area contributed by atoms with Crippen molar-refractivity contribution in [1.29, 1.82) is 0 Å². The van der Waals surface area contributed by atoms with E-state index in [-0.39, 0.29) is 16.4 Å². The zero-order chi connectivity index (χ0) is 15.3. The van der Waals surface area contributed by atoms with Crippen molar-refractivity contribution in [3.05, 3.63) is 40.9 Å². The van der Waals surface area contributed by atoms with Gasteiger partial charge in [0.05, 0.1) is 4.90 Å². The fourth-order valence-corrected chi connectivity index (χ4v) is 3.07. The Balaban J connectivity index is 2.98. The zero-order valence-electron chi connectivity index (χ0n) is 11.0. The lowest BCUT2D eigenvalue weighted by Gasteiger charge is -2.17. The molecule has 0 bridgehead atoms. The van der Waals surface area contributed by atoms with Crippen molar-refractivity contribution in [3.63, 3.8) is 0 Å². The third kappa shape index (κ3) is 4.92. The number of halogens is 2. The van der Waals surface area contributed by atoms with E-state index in [1.54, 1.807) is 19.2 Å². The molecule has 1 rings (SSSR count). The molecule has 0 aliphatic carbocycles. The maximum absolute atomic E-state index is 12.2. The highest BCUT2D eigenvalue weighted by molar-refractivity contribution is 9.10. The van der Waals surface area contributed by atoms with Crippen LogP contribution in [0, 0.1) is 0 Å². The molecule has 110 valence electrons. The molecule has 0 saturated carbocycles. The van der Waals surface area contributed by atoms with E-state index in [4.69, 9.17) is 10.7 Å². The average molecular weight is 381 g/mol. The zero-order valence-corrected chi connectivity index (χ0v) is 14.1. The van der Waals surface area contributed by atoms with Crippen LogP contribution in [0.5, 0.6) is 0 Å². The van der Waals surface area contributed by atoms with Crippen LogP contribution in [-0.2, 0) is 9.05 Å². The molecule has 1 amide bonds. The first-order valence-electron chi connectivity index (χ1n) is 5.87. The van der Waals surface area contributed by atoms with Gasteiger partial charge in [0, 0.05) is 34.3 Å². The Morgan fingerprint density at radius 2 is 2.10 bits per heavy atom. The first-order chi connectivity index (χ1) is 9.25. The van der Waals surface area contributed by atoms with Gasteiger partial charge in [0.25, 0.3) is 15.0 Å². The molecule has 0 saturated heterocycles. The predicted octanol–water partition coefficient (Wildman–Crippen LogP) is 3.41. The third-order valence-corrected chi connectivity index (χ3v) is 4.44. The fourth-order valence-electron chi connectivity index (χ4n) is 1.62. The number of amides is 1. The SMILES string of the molecule is C=CCCCN(C)C(=O)c1cc(Br)cc(S(=O)(=O)Cl)c1. The van der Waals surface area contributed by atoms with Gasteiger partial charge in [-0.2, -0.15) is 0 Å². The molecule has 0 aliphatic heterocycles. The van der Waals surface area contributed by atoms with E-state index in [1.165, 1.54) is 17.0 Å². The third-order valence-electron chi connectivity index (χ3n) is 2.65. The molecule has 0 spiro atoms. The van der Waals surface area contributed by atoms with E-state index >= 15 is 0 Å². The van der Waals surface area contributed by atoms with Crippen LogP contribution in [0.4, 0.5) is 0 Å². The number of carbonyl (C=O) groups excluding carboxylic acids is 1. The highest BCUT2D eigenvalue weighted by Crippen LogP contribution is 2.23. The Morgan fingerprint density at radius 1 is 1.45 bits per heavy atom. The van der Waals surface area contributed by atoms with Gasteiger partial charge in [-0.3, -0.25) is 4.79 Å². The molecule has 0 fully saturated rings. The van der Waals surface area contributed by atoms with E-state index in [9.17, 15) is 13.2 Å². The van der Waals surface area contributed by atoms with Crippen LogP contribution in [0.3, 0.4) is 0 Å². The summed E-state index contributed by atoms with van der Waals surface area (Å²) in [6, 6.07) is 4.20. The van der Waals surface area contributed by atoms with Gasteiger partial charge in [-0.1, -0.05) is 22.0 Å². The smallest absolute Gasteiger partial charge is 0.261 e. The molecule has 20 heavy (non-hydrogen) atoms. The highest BCUT2D eigenvalue weighted by atomic mass is 79.9. The summed E-state index contributed by atoms with van der Waals surface area (Å²) in [7, 11) is 3.10. The van der Waals surface area contributed by atoms with Crippen molar-refractivity contribution in [2.24, 2.45) is 0 Å². The topological polar surface area (TPSA) is 54.5 Å². The fraction of sp³-hybridized carbons (Fsp3) is 0.308. The van der Waals surface area contributed by atoms with Crippen LogP contribution >= 0.6 is 26.6 Å². The number of nitrogens with zero attached hydrogens (tertiary/aromatic N) is 1. The minimum atomic E-state index is -3.87. The van der Waals surface area contributed by atoms with Crippen LogP contribution in [0.2, 0.25) is 0 Å². The number of unbranched alkanes of at least 4 members (excludes halogenated alkanes) is 1. The number of rotatable bonds is 6. The largest absolute Gasteiger partial charge is 0.342 e. The second-order valence-electron chi connectivity index (χ2n) is 4.27. The van der Waals surface area contributed by atoms with Crippen LogP contribution in [0.15, 0.2) is 40.2 Å². The summed E-state index contributed by atoms with van der Waals surface area (Å²) < 4.78 is 23.2. The molecular formula is C13H15BrClNO3S. The van der Waals surface area contributed by atoms with Crippen LogP contribution in [0.25, 0.3) is 0 Å². The molecule has 1 aromatic rings. The number of allylic oxidation sites excluding steroid dienone is 1. The van der Waals surface area contributed by atoms with Crippen molar-refractivity contribution in [2.75, 3.05) is 13.6 Å². The van der Waals surface area contributed by atoms with Gasteiger partial charge in [0.2, 0.25) is 0 Å². The summed E-state index contributed by atoms with van der Waals surface area (Å²) in [5.74, 6) is -0.253. The number of hydrogen-bond acceptors (Lipinski definition) is 3. The summed E-state index contributed by atoms with van der Waals surface area (Å²) in [4.78, 5) is 13.6. The monoisotopic (exact) mass is 379 g/mol. The number of benzene rings is 1. The average Bonchev–Trinajstić information content (AvgIpc) is 2.36. The maximum Gasteiger partial charge on any atom is 0.261 e. The number of hydrogen-bond donors (Lipinski definition) is 0. The molecule has 0 aliphatic rings. The molecule has 0 aromatic heterocycles. The number of carbonyl (C=O) groups is 1. The van der Waals surface area contributed by atoms with Gasteiger partial charge in [-0.25, -0.2) is 8.42 Å². The summed E-state index contributed by atoms with van der Waals surface area (Å²) in [6.45, 7) is 4.19. The minimum Gasteiger partial charge on any atom is -0.342 e. The molecule has 0 atom stereocenters. The Kier molecular flexibility index (Phi) is 6.23. The highest BCUT2D eigenvalue weighted by Gasteiger charge is 2.17. The van der Waals surface area contributed by atoms with Gasteiger partial charge in [0.1, 0.15) is 0 Å². The molecule has 7 heteroatoms. The minimum absolute atomic E-state index is 0.101.